The standard InChI is InChI=1S/C25H23F3/c1-3-5-21-14-15-22(25(28)24(21)27)19-10-7-18(8-11-19)9-13-20-12-6-17(4-2)16-23(20)26/h6-16H,3-5H2,1-2H3. The summed E-state index contributed by atoms with van der Waals surface area (Å²) in [6.07, 6.45) is 5.58. The van der Waals surface area contributed by atoms with Gasteiger partial charge in [0.2, 0.25) is 0 Å². The van der Waals surface area contributed by atoms with Gasteiger partial charge in [0.15, 0.2) is 11.6 Å². The van der Waals surface area contributed by atoms with Gasteiger partial charge < -0.3 is 0 Å². The minimum Gasteiger partial charge on any atom is -0.206 e. The maximum atomic E-state index is 14.4. The lowest BCUT2D eigenvalue weighted by Crippen LogP contribution is -1.97. The average molecular weight is 380 g/mol. The van der Waals surface area contributed by atoms with E-state index in [2.05, 4.69) is 0 Å². The first kappa shape index (κ1) is 19.9. The zero-order valence-electron chi connectivity index (χ0n) is 16.1. The molecule has 0 atom stereocenters. The Balaban J connectivity index is 1.81. The van der Waals surface area contributed by atoms with E-state index >= 15 is 0 Å². The molecule has 3 rings (SSSR count). The zero-order chi connectivity index (χ0) is 20.1. The summed E-state index contributed by atoms with van der Waals surface area (Å²) in [5, 5.41) is 0. The Morgan fingerprint density at radius 2 is 1.54 bits per heavy atom. The van der Waals surface area contributed by atoms with Crippen molar-refractivity contribution in [1.29, 1.82) is 0 Å². The average Bonchev–Trinajstić information content (AvgIpc) is 2.71. The van der Waals surface area contributed by atoms with Crippen LogP contribution in [0.5, 0.6) is 0 Å². The van der Waals surface area contributed by atoms with Crippen molar-refractivity contribution in [3.8, 4) is 11.1 Å². The number of aryl methyl sites for hydroxylation is 2. The summed E-state index contributed by atoms with van der Waals surface area (Å²) in [5.41, 5.74) is 3.58. The summed E-state index contributed by atoms with van der Waals surface area (Å²) in [6, 6.07) is 15.6. The van der Waals surface area contributed by atoms with Gasteiger partial charge in [-0.15, -0.1) is 0 Å². The molecule has 0 spiro atoms. The Bertz CT molecular complexity index is 985. The zero-order valence-corrected chi connectivity index (χ0v) is 16.1. The molecule has 3 aromatic carbocycles. The highest BCUT2D eigenvalue weighted by atomic mass is 19.2. The molecule has 0 aliphatic rings. The fraction of sp³-hybridized carbons (Fsp3) is 0.200. The Morgan fingerprint density at radius 1 is 0.786 bits per heavy atom. The molecule has 0 aliphatic carbocycles. The van der Waals surface area contributed by atoms with Gasteiger partial charge in [0.25, 0.3) is 0 Å². The summed E-state index contributed by atoms with van der Waals surface area (Å²) in [7, 11) is 0. The maximum Gasteiger partial charge on any atom is 0.166 e. The van der Waals surface area contributed by atoms with Gasteiger partial charge in [-0.1, -0.05) is 81.0 Å². The van der Waals surface area contributed by atoms with Crippen molar-refractivity contribution in [3.63, 3.8) is 0 Å². The van der Waals surface area contributed by atoms with Crippen molar-refractivity contribution in [1.82, 2.24) is 0 Å². The maximum absolute atomic E-state index is 14.4. The predicted octanol–water partition coefficient (Wildman–Crippen LogP) is 7.46. The van der Waals surface area contributed by atoms with Crippen LogP contribution >= 0.6 is 0 Å². The van der Waals surface area contributed by atoms with Crippen LogP contribution in [0.15, 0.2) is 54.6 Å². The van der Waals surface area contributed by atoms with E-state index in [9.17, 15) is 13.2 Å². The lowest BCUT2D eigenvalue weighted by molar-refractivity contribution is 0.500. The fourth-order valence-electron chi connectivity index (χ4n) is 3.16. The first-order valence-corrected chi connectivity index (χ1v) is 9.57. The van der Waals surface area contributed by atoms with Crippen molar-refractivity contribution < 1.29 is 13.2 Å². The van der Waals surface area contributed by atoms with Crippen LogP contribution in [0.2, 0.25) is 0 Å². The highest BCUT2D eigenvalue weighted by Gasteiger charge is 2.14. The van der Waals surface area contributed by atoms with Crippen molar-refractivity contribution in [2.45, 2.75) is 33.1 Å². The topological polar surface area (TPSA) is 0 Å². The molecule has 0 aromatic heterocycles. The molecule has 0 saturated carbocycles. The number of hydrogen-bond donors (Lipinski definition) is 0. The number of halogens is 3. The molecular weight excluding hydrogens is 357 g/mol. The van der Waals surface area contributed by atoms with Gasteiger partial charge in [-0.3, -0.25) is 0 Å². The Kier molecular flexibility index (Phi) is 6.35. The Morgan fingerprint density at radius 3 is 2.18 bits per heavy atom. The molecule has 0 aliphatic heterocycles. The summed E-state index contributed by atoms with van der Waals surface area (Å²) in [5.74, 6) is -1.83. The monoisotopic (exact) mass is 380 g/mol. The predicted molar refractivity (Wildman–Crippen MR) is 110 cm³/mol. The minimum absolute atomic E-state index is 0.245. The largest absolute Gasteiger partial charge is 0.206 e. The van der Waals surface area contributed by atoms with Crippen molar-refractivity contribution in [2.24, 2.45) is 0 Å². The highest BCUT2D eigenvalue weighted by Crippen LogP contribution is 2.27. The van der Waals surface area contributed by atoms with Gasteiger partial charge in [-0.2, -0.15) is 0 Å². The normalized spacial score (nSPS) is 11.3. The van der Waals surface area contributed by atoms with Crippen LogP contribution in [-0.2, 0) is 12.8 Å². The Labute approximate surface area is 164 Å². The molecule has 3 heteroatoms. The van der Waals surface area contributed by atoms with E-state index in [0.717, 1.165) is 24.0 Å². The fourth-order valence-corrected chi connectivity index (χ4v) is 3.16. The minimum atomic E-state index is -0.813. The van der Waals surface area contributed by atoms with Crippen LogP contribution < -0.4 is 0 Å². The molecule has 0 N–H and O–H groups in total. The van der Waals surface area contributed by atoms with Crippen molar-refractivity contribution >= 4 is 12.2 Å². The van der Waals surface area contributed by atoms with Gasteiger partial charge in [0.05, 0.1) is 0 Å². The van der Waals surface area contributed by atoms with Gasteiger partial charge >= 0.3 is 0 Å². The van der Waals surface area contributed by atoms with E-state index in [-0.39, 0.29) is 11.4 Å². The van der Waals surface area contributed by atoms with E-state index in [1.54, 1.807) is 60.7 Å². The van der Waals surface area contributed by atoms with Gasteiger partial charge in [-0.05, 0) is 41.2 Å². The second-order valence-corrected chi connectivity index (χ2v) is 6.81. The third kappa shape index (κ3) is 4.36. The molecule has 0 fully saturated rings. The SMILES string of the molecule is CCCc1ccc(-c2ccc(C=Cc3ccc(CC)cc3F)cc2)c(F)c1F. The lowest BCUT2D eigenvalue weighted by atomic mass is 9.99. The molecule has 144 valence electrons. The molecule has 0 bridgehead atoms. The van der Waals surface area contributed by atoms with E-state index in [1.165, 1.54) is 0 Å². The van der Waals surface area contributed by atoms with Crippen molar-refractivity contribution in [2.75, 3.05) is 0 Å². The lowest BCUT2D eigenvalue weighted by Gasteiger charge is -2.08. The summed E-state index contributed by atoms with van der Waals surface area (Å²) in [4.78, 5) is 0. The first-order chi connectivity index (χ1) is 13.5. The van der Waals surface area contributed by atoms with Gasteiger partial charge in [0.1, 0.15) is 5.82 Å². The van der Waals surface area contributed by atoms with E-state index in [1.807, 2.05) is 19.9 Å². The molecule has 0 unspecified atom stereocenters. The molecule has 0 nitrogen and oxygen atoms in total. The molecule has 0 amide bonds. The molecule has 0 radical (unpaired) electrons. The quantitative estimate of drug-likeness (QED) is 0.389. The van der Waals surface area contributed by atoms with Crippen LogP contribution in [0.1, 0.15) is 42.5 Å². The van der Waals surface area contributed by atoms with E-state index < -0.39 is 11.6 Å². The molecular formula is C25H23F3. The van der Waals surface area contributed by atoms with Crippen molar-refractivity contribution in [3.05, 3.63) is 94.3 Å². The molecule has 3 aromatic rings. The number of hydrogen-bond acceptors (Lipinski definition) is 0. The summed E-state index contributed by atoms with van der Waals surface area (Å²) in [6.45, 7) is 3.92. The molecule has 28 heavy (non-hydrogen) atoms. The third-order valence-electron chi connectivity index (χ3n) is 4.83. The van der Waals surface area contributed by atoms with E-state index in [4.69, 9.17) is 0 Å². The number of rotatable bonds is 6. The third-order valence-corrected chi connectivity index (χ3v) is 4.83. The summed E-state index contributed by atoms with van der Waals surface area (Å²) >= 11 is 0. The van der Waals surface area contributed by atoms with Crippen LogP contribution in [0.4, 0.5) is 13.2 Å². The van der Waals surface area contributed by atoms with Crippen LogP contribution in [0.3, 0.4) is 0 Å². The van der Waals surface area contributed by atoms with Gasteiger partial charge in [0, 0.05) is 11.1 Å². The highest BCUT2D eigenvalue weighted by molar-refractivity contribution is 5.72. The van der Waals surface area contributed by atoms with E-state index in [0.29, 0.717) is 23.1 Å². The Hall–Kier alpha value is -2.81. The summed E-state index contributed by atoms with van der Waals surface area (Å²) < 4.78 is 42.7. The van der Waals surface area contributed by atoms with Crippen LogP contribution in [0.25, 0.3) is 23.3 Å². The molecule has 0 saturated heterocycles. The first-order valence-electron chi connectivity index (χ1n) is 9.57. The van der Waals surface area contributed by atoms with Crippen LogP contribution in [0, 0.1) is 17.5 Å². The van der Waals surface area contributed by atoms with Crippen LogP contribution in [-0.4, -0.2) is 0 Å². The number of benzene rings is 3. The second-order valence-electron chi connectivity index (χ2n) is 6.81. The second kappa shape index (κ2) is 8.92. The molecule has 0 heterocycles. The smallest absolute Gasteiger partial charge is 0.166 e. The van der Waals surface area contributed by atoms with Gasteiger partial charge in [-0.25, -0.2) is 13.2 Å².